The predicted octanol–water partition coefficient (Wildman–Crippen LogP) is 4.15. The van der Waals surface area contributed by atoms with Crippen molar-refractivity contribution in [3.63, 3.8) is 0 Å². The Morgan fingerprint density at radius 3 is 2.43 bits per heavy atom. The first kappa shape index (κ1) is 13.0. The zero-order chi connectivity index (χ0) is 15.8. The van der Waals surface area contributed by atoms with Crippen molar-refractivity contribution in [2.45, 2.75) is 19.3 Å². The second-order valence-corrected chi connectivity index (χ2v) is 7.09. The lowest BCUT2D eigenvalue weighted by molar-refractivity contribution is 0.621. The van der Waals surface area contributed by atoms with Crippen molar-refractivity contribution in [2.24, 2.45) is 0 Å². The van der Waals surface area contributed by atoms with E-state index in [4.69, 9.17) is 4.42 Å². The number of fused-ring (bicyclic) bond motifs is 7. The summed E-state index contributed by atoms with van der Waals surface area (Å²) in [5, 5.41) is 2.44. The molecule has 23 heavy (non-hydrogen) atoms. The third kappa shape index (κ3) is 1.49. The van der Waals surface area contributed by atoms with Crippen LogP contribution in [0.5, 0.6) is 0 Å². The van der Waals surface area contributed by atoms with Crippen molar-refractivity contribution in [1.29, 1.82) is 0 Å². The molecule has 1 nitrogen and oxygen atoms in total. The van der Waals surface area contributed by atoms with Crippen LogP contribution >= 0.6 is 0 Å². The van der Waals surface area contributed by atoms with Gasteiger partial charge in [-0.25, -0.2) is 0 Å². The van der Waals surface area contributed by atoms with Crippen LogP contribution in [0.2, 0.25) is 0 Å². The molecular weight excluding hydrogens is 279 g/mol. The van der Waals surface area contributed by atoms with E-state index in [0.29, 0.717) is 0 Å². The largest absolute Gasteiger partial charge is 0.456 e. The third-order valence-corrected chi connectivity index (χ3v) is 5.38. The van der Waals surface area contributed by atoms with E-state index in [1.807, 2.05) is 0 Å². The quantitative estimate of drug-likeness (QED) is 0.444. The summed E-state index contributed by atoms with van der Waals surface area (Å²) in [5.74, 6) is 0. The van der Waals surface area contributed by atoms with Gasteiger partial charge in [0.05, 0.1) is 0 Å². The minimum Gasteiger partial charge on any atom is -0.456 e. The van der Waals surface area contributed by atoms with Gasteiger partial charge in [0.15, 0.2) is 0 Å². The van der Waals surface area contributed by atoms with Gasteiger partial charge in [-0.15, -0.1) is 0 Å². The molecule has 0 N–H and O–H groups in total. The van der Waals surface area contributed by atoms with E-state index in [0.717, 1.165) is 11.2 Å². The number of furan rings is 1. The first-order valence-corrected chi connectivity index (χ1v) is 8.14. The summed E-state index contributed by atoms with van der Waals surface area (Å²) in [6, 6.07) is 19.6. The Bertz CT molecular complexity index is 1100. The molecule has 0 amide bonds. The van der Waals surface area contributed by atoms with E-state index in [-0.39, 0.29) is 5.41 Å². The van der Waals surface area contributed by atoms with E-state index in [2.05, 4.69) is 76.3 Å². The number of para-hydroxylation sites is 1. The molecule has 3 aromatic carbocycles. The number of hydrogen-bond acceptors (Lipinski definition) is 1. The zero-order valence-electron chi connectivity index (χ0n) is 13.6. The molecule has 0 fully saturated rings. The highest BCUT2D eigenvalue weighted by atomic mass is 16.3. The highest BCUT2D eigenvalue weighted by molar-refractivity contribution is 6.39. The fraction of sp³-hybridized carbons (Fsp3) is 0.143. The number of benzene rings is 3. The second kappa shape index (κ2) is 4.08. The summed E-state index contributed by atoms with van der Waals surface area (Å²) in [6.45, 7) is 4.61. The van der Waals surface area contributed by atoms with Gasteiger partial charge in [0.2, 0.25) is 0 Å². The van der Waals surface area contributed by atoms with Crippen LogP contribution in [0.1, 0.15) is 25.0 Å². The van der Waals surface area contributed by atoms with Crippen molar-refractivity contribution in [3.05, 3.63) is 65.7 Å². The van der Waals surface area contributed by atoms with E-state index < -0.39 is 0 Å². The minimum atomic E-state index is -0.0345. The van der Waals surface area contributed by atoms with Gasteiger partial charge in [-0.1, -0.05) is 62.4 Å². The molecule has 1 aliphatic rings. The average molecular weight is 296 g/mol. The molecule has 0 saturated carbocycles. The summed E-state index contributed by atoms with van der Waals surface area (Å²) in [7, 11) is 2.12. The van der Waals surface area contributed by atoms with Crippen molar-refractivity contribution >= 4 is 35.2 Å². The van der Waals surface area contributed by atoms with Gasteiger partial charge in [-0.2, -0.15) is 0 Å². The summed E-state index contributed by atoms with van der Waals surface area (Å²) in [4.78, 5) is 0. The Morgan fingerprint density at radius 2 is 1.57 bits per heavy atom. The van der Waals surface area contributed by atoms with Gasteiger partial charge < -0.3 is 4.42 Å². The molecule has 5 rings (SSSR count). The molecule has 0 unspecified atom stereocenters. The fourth-order valence-electron chi connectivity index (χ4n) is 4.25. The van der Waals surface area contributed by atoms with Gasteiger partial charge in [0, 0.05) is 21.8 Å². The van der Waals surface area contributed by atoms with Gasteiger partial charge >= 0.3 is 0 Å². The molecule has 0 saturated heterocycles. The smallest absolute Gasteiger partial charge is 0.144 e. The fourth-order valence-corrected chi connectivity index (χ4v) is 4.25. The van der Waals surface area contributed by atoms with Crippen LogP contribution in [0.15, 0.2) is 59.0 Å². The SMILES string of the molecule is Bc1cccc2c1oc1c3c(ccc12)-c1ccccc1C3(C)C. The van der Waals surface area contributed by atoms with Crippen LogP contribution in [0.3, 0.4) is 0 Å². The van der Waals surface area contributed by atoms with E-state index >= 15 is 0 Å². The third-order valence-electron chi connectivity index (χ3n) is 5.38. The van der Waals surface area contributed by atoms with E-state index in [1.54, 1.807) is 0 Å². The van der Waals surface area contributed by atoms with Crippen LogP contribution < -0.4 is 5.46 Å². The molecule has 4 aromatic rings. The molecular formula is C21H17BO. The number of hydrogen-bond donors (Lipinski definition) is 0. The lowest BCUT2D eigenvalue weighted by Gasteiger charge is -2.21. The van der Waals surface area contributed by atoms with Crippen LogP contribution in [0.4, 0.5) is 0 Å². The normalized spacial score (nSPS) is 15.0. The van der Waals surface area contributed by atoms with Gasteiger partial charge in [-0.3, -0.25) is 0 Å². The lowest BCUT2D eigenvalue weighted by atomic mass is 9.82. The Labute approximate surface area is 136 Å². The molecule has 0 radical (unpaired) electrons. The Balaban J connectivity index is 1.99. The zero-order valence-corrected chi connectivity index (χ0v) is 13.6. The topological polar surface area (TPSA) is 13.1 Å². The molecule has 110 valence electrons. The maximum atomic E-state index is 6.39. The molecule has 1 aliphatic carbocycles. The minimum absolute atomic E-state index is 0.0345. The van der Waals surface area contributed by atoms with Crippen molar-refractivity contribution in [2.75, 3.05) is 0 Å². The molecule has 0 atom stereocenters. The lowest BCUT2D eigenvalue weighted by Crippen LogP contribution is -2.15. The van der Waals surface area contributed by atoms with Gasteiger partial charge in [0.1, 0.15) is 19.0 Å². The summed E-state index contributed by atoms with van der Waals surface area (Å²) < 4.78 is 6.39. The molecule has 0 bridgehead atoms. The van der Waals surface area contributed by atoms with Crippen LogP contribution in [0.25, 0.3) is 33.1 Å². The Morgan fingerprint density at radius 1 is 0.783 bits per heavy atom. The highest BCUT2D eigenvalue weighted by Gasteiger charge is 2.38. The average Bonchev–Trinajstić information content (AvgIpc) is 3.03. The first-order chi connectivity index (χ1) is 11.1. The van der Waals surface area contributed by atoms with E-state index in [9.17, 15) is 0 Å². The Hall–Kier alpha value is -2.48. The first-order valence-electron chi connectivity index (χ1n) is 8.14. The molecule has 0 aliphatic heterocycles. The standard InChI is InChI=1S/C21H17BO/c1-21(2)16-8-4-3-6-12(16)13-10-11-15-14-7-5-9-17(22)19(14)23-20(15)18(13)21/h3-11H,22H2,1-2H3. The van der Waals surface area contributed by atoms with Crippen LogP contribution in [-0.4, -0.2) is 7.85 Å². The molecule has 0 spiro atoms. The van der Waals surface area contributed by atoms with Gasteiger partial charge in [-0.05, 0) is 28.2 Å². The second-order valence-electron chi connectivity index (χ2n) is 7.09. The van der Waals surface area contributed by atoms with Gasteiger partial charge in [0.25, 0.3) is 0 Å². The Kier molecular flexibility index (Phi) is 2.31. The summed E-state index contributed by atoms with van der Waals surface area (Å²) in [6.07, 6.45) is 0. The van der Waals surface area contributed by atoms with Crippen molar-refractivity contribution < 1.29 is 4.42 Å². The summed E-state index contributed by atoms with van der Waals surface area (Å²) in [5.41, 5.74) is 8.59. The monoisotopic (exact) mass is 296 g/mol. The van der Waals surface area contributed by atoms with Crippen LogP contribution in [-0.2, 0) is 5.41 Å². The number of rotatable bonds is 0. The maximum Gasteiger partial charge on any atom is 0.144 e. The highest BCUT2D eigenvalue weighted by Crippen LogP contribution is 2.52. The predicted molar refractivity (Wildman–Crippen MR) is 99.5 cm³/mol. The molecule has 1 heterocycles. The summed E-state index contributed by atoms with van der Waals surface area (Å²) >= 11 is 0. The van der Waals surface area contributed by atoms with Crippen molar-refractivity contribution in [3.8, 4) is 11.1 Å². The maximum absolute atomic E-state index is 6.39. The van der Waals surface area contributed by atoms with Crippen LogP contribution in [0, 0.1) is 0 Å². The molecule has 1 aromatic heterocycles. The van der Waals surface area contributed by atoms with Crippen molar-refractivity contribution in [1.82, 2.24) is 0 Å². The van der Waals surface area contributed by atoms with E-state index in [1.165, 1.54) is 38.5 Å². The molecule has 2 heteroatoms.